The van der Waals surface area contributed by atoms with Crippen LogP contribution in [0.4, 0.5) is 5.82 Å². The van der Waals surface area contributed by atoms with E-state index in [-0.39, 0.29) is 23.1 Å². The number of rotatable bonds is 11. The molecule has 11 nitrogen and oxygen atoms in total. The maximum Gasteiger partial charge on any atom is 0.168 e. The molecule has 0 bridgehead atoms. The van der Waals surface area contributed by atoms with E-state index in [4.69, 9.17) is 4.74 Å². The molecule has 3 aromatic carbocycles. The van der Waals surface area contributed by atoms with Crippen molar-refractivity contribution in [1.29, 1.82) is 0 Å². The number of aromatic nitrogens is 4. The fraction of sp³-hybridized carbons (Fsp3) is 0.281. The summed E-state index contributed by atoms with van der Waals surface area (Å²) in [5.74, 6) is -0.317. The molecule has 12 heteroatoms. The molecule has 0 amide bonds. The Morgan fingerprint density at radius 3 is 2.05 bits per heavy atom. The second kappa shape index (κ2) is 12.8. The average molecular weight is 616 g/mol. The van der Waals surface area contributed by atoms with E-state index in [1.54, 1.807) is 24.3 Å². The lowest BCUT2D eigenvalue weighted by atomic mass is 9.91. The third kappa shape index (κ3) is 6.35. The van der Waals surface area contributed by atoms with Gasteiger partial charge in [-0.3, -0.25) is 4.57 Å². The molecule has 1 aliphatic rings. The molecule has 0 unspecified atom stereocenters. The maximum absolute atomic E-state index is 13.3. The highest BCUT2D eigenvalue weighted by Crippen LogP contribution is 2.33. The van der Waals surface area contributed by atoms with E-state index in [1.165, 1.54) is 10.9 Å². The van der Waals surface area contributed by atoms with Crippen molar-refractivity contribution in [3.05, 3.63) is 120 Å². The summed E-state index contributed by atoms with van der Waals surface area (Å²) in [5.41, 5.74) is 3.38. The number of ether oxygens (including phenoxy) is 1. The van der Waals surface area contributed by atoms with Crippen LogP contribution in [0.1, 0.15) is 34.7 Å². The summed E-state index contributed by atoms with van der Waals surface area (Å²) < 4.78 is 33.7. The van der Waals surface area contributed by atoms with Gasteiger partial charge in [-0.05, 0) is 16.7 Å². The number of hydrogen-bond donors (Lipinski definition) is 4. The molecule has 0 radical (unpaired) electrons. The Morgan fingerprint density at radius 2 is 1.45 bits per heavy atom. The van der Waals surface area contributed by atoms with Crippen molar-refractivity contribution in [2.45, 2.75) is 42.0 Å². The van der Waals surface area contributed by atoms with Crippen molar-refractivity contribution in [3.63, 3.8) is 0 Å². The fourth-order valence-electron chi connectivity index (χ4n) is 5.52. The second-order valence-corrected chi connectivity index (χ2v) is 12.9. The zero-order valence-corrected chi connectivity index (χ0v) is 24.5. The Morgan fingerprint density at radius 1 is 0.841 bits per heavy atom. The highest BCUT2D eigenvalue weighted by atomic mass is 32.2. The number of aliphatic hydroxyl groups excluding tert-OH is 3. The van der Waals surface area contributed by atoms with Crippen LogP contribution >= 0.6 is 0 Å². The van der Waals surface area contributed by atoms with Crippen LogP contribution in [-0.4, -0.2) is 74.7 Å². The van der Waals surface area contributed by atoms with Crippen molar-refractivity contribution in [2.75, 3.05) is 18.5 Å². The monoisotopic (exact) mass is 615 g/mol. The Kier molecular flexibility index (Phi) is 8.69. The number of nitrogens with zero attached hydrogens (tertiary/aromatic N) is 4. The molecule has 2 aromatic heterocycles. The van der Waals surface area contributed by atoms with E-state index in [0.717, 1.165) is 11.1 Å². The van der Waals surface area contributed by atoms with Gasteiger partial charge in [-0.1, -0.05) is 91.0 Å². The predicted molar refractivity (Wildman–Crippen MR) is 164 cm³/mol. The summed E-state index contributed by atoms with van der Waals surface area (Å²) >= 11 is 0. The van der Waals surface area contributed by atoms with E-state index in [0.29, 0.717) is 23.4 Å². The smallest absolute Gasteiger partial charge is 0.168 e. The van der Waals surface area contributed by atoms with Crippen LogP contribution < -0.4 is 5.32 Å². The molecule has 4 atom stereocenters. The standard InChI is InChI=1S/C32H33N5O6S/c38-17-25-28(39)29(40)32(43-25)37-20-34-27-30(33-16-24(22-12-6-2-7-13-22)23-14-8-3-9-15-23)35-26(36-31(27)37)19-44(41,42)18-21-10-4-1-5-11-21/h1-15,20,24-25,28-29,32,38-40H,16-19H2,(H,33,35,36)/t25-,28-,29-,32-/m1/s1. The number of imidazole rings is 1. The summed E-state index contributed by atoms with van der Waals surface area (Å²) in [7, 11) is -3.67. The molecule has 5 aromatic rings. The Balaban J connectivity index is 1.38. The molecule has 4 N–H and O–H groups in total. The molecular formula is C32H33N5O6S. The third-order valence-electron chi connectivity index (χ3n) is 7.71. The predicted octanol–water partition coefficient (Wildman–Crippen LogP) is 2.80. The van der Waals surface area contributed by atoms with Crippen LogP contribution in [-0.2, 0) is 26.1 Å². The Hall–Kier alpha value is -4.20. The third-order valence-corrected chi connectivity index (χ3v) is 9.19. The van der Waals surface area contributed by atoms with E-state index in [9.17, 15) is 23.7 Å². The van der Waals surface area contributed by atoms with E-state index < -0.39 is 46.7 Å². The van der Waals surface area contributed by atoms with Crippen LogP contribution in [0, 0.1) is 0 Å². The first-order valence-corrected chi connectivity index (χ1v) is 16.1. The number of benzene rings is 3. The molecule has 3 heterocycles. The lowest BCUT2D eigenvalue weighted by molar-refractivity contribution is -0.0511. The van der Waals surface area contributed by atoms with Gasteiger partial charge in [-0.2, -0.15) is 0 Å². The number of fused-ring (bicyclic) bond motifs is 1. The summed E-state index contributed by atoms with van der Waals surface area (Å²) in [5, 5.41) is 34.1. The highest BCUT2D eigenvalue weighted by molar-refractivity contribution is 7.89. The minimum atomic E-state index is -3.67. The molecule has 1 fully saturated rings. The van der Waals surface area contributed by atoms with Gasteiger partial charge >= 0.3 is 0 Å². The average Bonchev–Trinajstić information content (AvgIpc) is 3.58. The normalized spacial score (nSPS) is 20.4. The van der Waals surface area contributed by atoms with E-state index >= 15 is 0 Å². The van der Waals surface area contributed by atoms with Gasteiger partial charge in [0.2, 0.25) is 0 Å². The Labute approximate surface area is 254 Å². The molecule has 1 saturated heterocycles. The molecular weight excluding hydrogens is 582 g/mol. The Bertz CT molecular complexity index is 1770. The molecule has 0 saturated carbocycles. The van der Waals surface area contributed by atoms with Gasteiger partial charge in [0.15, 0.2) is 33.0 Å². The van der Waals surface area contributed by atoms with Crippen molar-refractivity contribution in [2.24, 2.45) is 0 Å². The molecule has 0 aliphatic carbocycles. The lowest BCUT2D eigenvalue weighted by Gasteiger charge is -2.20. The van der Waals surface area contributed by atoms with Crippen molar-refractivity contribution < 1.29 is 28.5 Å². The van der Waals surface area contributed by atoms with Crippen LogP contribution in [0.5, 0.6) is 0 Å². The molecule has 44 heavy (non-hydrogen) atoms. The van der Waals surface area contributed by atoms with Crippen molar-refractivity contribution in [1.82, 2.24) is 19.5 Å². The van der Waals surface area contributed by atoms with Gasteiger partial charge in [0, 0.05) is 12.5 Å². The van der Waals surface area contributed by atoms with Gasteiger partial charge in [0.05, 0.1) is 18.7 Å². The van der Waals surface area contributed by atoms with Gasteiger partial charge in [-0.25, -0.2) is 23.4 Å². The summed E-state index contributed by atoms with van der Waals surface area (Å²) in [6.07, 6.45) is -3.41. The van der Waals surface area contributed by atoms with Crippen LogP contribution in [0.2, 0.25) is 0 Å². The van der Waals surface area contributed by atoms with E-state index in [1.807, 2.05) is 66.7 Å². The molecule has 0 spiro atoms. The number of sulfone groups is 1. The largest absolute Gasteiger partial charge is 0.394 e. The summed E-state index contributed by atoms with van der Waals surface area (Å²) in [4.78, 5) is 13.7. The van der Waals surface area contributed by atoms with Gasteiger partial charge in [0.25, 0.3) is 0 Å². The van der Waals surface area contributed by atoms with Gasteiger partial charge in [0.1, 0.15) is 29.9 Å². The molecule has 6 rings (SSSR count). The maximum atomic E-state index is 13.3. The first kappa shape index (κ1) is 29.9. The number of anilines is 1. The summed E-state index contributed by atoms with van der Waals surface area (Å²) in [6.45, 7) is -0.0798. The first-order chi connectivity index (χ1) is 21.3. The minimum Gasteiger partial charge on any atom is -0.394 e. The zero-order chi connectivity index (χ0) is 30.7. The minimum absolute atomic E-state index is 0.0420. The highest BCUT2D eigenvalue weighted by Gasteiger charge is 2.44. The first-order valence-electron chi connectivity index (χ1n) is 14.3. The number of nitrogens with one attached hydrogen (secondary N) is 1. The lowest BCUT2D eigenvalue weighted by Crippen LogP contribution is -2.33. The fourth-order valence-corrected chi connectivity index (χ4v) is 6.84. The van der Waals surface area contributed by atoms with Crippen molar-refractivity contribution >= 4 is 26.8 Å². The van der Waals surface area contributed by atoms with Crippen LogP contribution in [0.3, 0.4) is 0 Å². The SMILES string of the molecule is O=S(=O)(Cc1ccccc1)Cc1nc(NCC(c2ccccc2)c2ccccc2)c2ncn([C@@H]3O[C@H](CO)[C@@H](O)[C@H]3O)c2n1. The second-order valence-electron chi connectivity index (χ2n) is 10.8. The topological polar surface area (TPSA) is 160 Å². The molecule has 228 valence electrons. The number of aliphatic hydroxyl groups is 3. The van der Waals surface area contributed by atoms with Crippen LogP contribution in [0.25, 0.3) is 11.2 Å². The van der Waals surface area contributed by atoms with Gasteiger partial charge in [-0.15, -0.1) is 0 Å². The summed E-state index contributed by atoms with van der Waals surface area (Å²) in [6, 6.07) is 28.9. The van der Waals surface area contributed by atoms with Crippen LogP contribution in [0.15, 0.2) is 97.3 Å². The zero-order valence-electron chi connectivity index (χ0n) is 23.7. The van der Waals surface area contributed by atoms with E-state index in [2.05, 4.69) is 20.3 Å². The quantitative estimate of drug-likeness (QED) is 0.174. The molecule has 1 aliphatic heterocycles. The number of hydrogen-bond acceptors (Lipinski definition) is 10. The van der Waals surface area contributed by atoms with Crippen molar-refractivity contribution in [3.8, 4) is 0 Å². The van der Waals surface area contributed by atoms with Gasteiger partial charge < -0.3 is 25.4 Å².